The lowest BCUT2D eigenvalue weighted by Crippen LogP contribution is -2.17. The SMILES string of the molecule is Cc1ccc(Cl)cc1Nc1cc(C2CC2)nc(NCCCN(C)C)n1. The summed E-state index contributed by atoms with van der Waals surface area (Å²) in [4.78, 5) is 11.5. The summed E-state index contributed by atoms with van der Waals surface area (Å²) in [6, 6.07) is 7.90. The standard InChI is InChI=1S/C19H26ClN5/c1-13-5-8-15(20)11-16(13)22-18-12-17(14-6-7-14)23-19(24-18)21-9-4-10-25(2)3/h5,8,11-12,14H,4,6-7,9-10H2,1-3H3,(H2,21,22,23,24). The number of hydrogen-bond donors (Lipinski definition) is 2. The fraction of sp³-hybridized carbons (Fsp3) is 0.474. The average Bonchev–Trinajstić information content (AvgIpc) is 3.40. The molecule has 0 saturated heterocycles. The first-order chi connectivity index (χ1) is 12.0. The third-order valence-electron chi connectivity index (χ3n) is 4.27. The van der Waals surface area contributed by atoms with Crippen molar-refractivity contribution in [1.29, 1.82) is 0 Å². The number of nitrogens with zero attached hydrogens (tertiary/aromatic N) is 3. The van der Waals surface area contributed by atoms with Crippen LogP contribution < -0.4 is 10.6 Å². The zero-order chi connectivity index (χ0) is 17.8. The Morgan fingerprint density at radius 1 is 1.20 bits per heavy atom. The highest BCUT2D eigenvalue weighted by Crippen LogP contribution is 2.40. The summed E-state index contributed by atoms with van der Waals surface area (Å²) in [5.41, 5.74) is 3.23. The number of hydrogen-bond acceptors (Lipinski definition) is 5. The fourth-order valence-electron chi connectivity index (χ4n) is 2.66. The molecule has 134 valence electrons. The lowest BCUT2D eigenvalue weighted by atomic mass is 10.2. The van der Waals surface area contributed by atoms with Gasteiger partial charge in [-0.1, -0.05) is 17.7 Å². The molecule has 1 aromatic heterocycles. The Balaban J connectivity index is 1.75. The number of benzene rings is 1. The molecular weight excluding hydrogens is 334 g/mol. The lowest BCUT2D eigenvalue weighted by molar-refractivity contribution is 0.405. The second-order valence-corrected chi connectivity index (χ2v) is 7.38. The Hall–Kier alpha value is -1.85. The number of aromatic nitrogens is 2. The van der Waals surface area contributed by atoms with E-state index < -0.39 is 0 Å². The molecule has 0 bridgehead atoms. The second kappa shape index (κ2) is 8.02. The van der Waals surface area contributed by atoms with Crippen LogP contribution in [0.4, 0.5) is 17.5 Å². The van der Waals surface area contributed by atoms with Crippen LogP contribution in [-0.4, -0.2) is 42.1 Å². The van der Waals surface area contributed by atoms with Gasteiger partial charge in [-0.2, -0.15) is 4.98 Å². The number of rotatable bonds is 8. The molecule has 0 radical (unpaired) electrons. The van der Waals surface area contributed by atoms with E-state index in [4.69, 9.17) is 16.6 Å². The van der Waals surface area contributed by atoms with Gasteiger partial charge in [-0.25, -0.2) is 4.98 Å². The van der Waals surface area contributed by atoms with Crippen LogP contribution in [0.25, 0.3) is 0 Å². The molecule has 0 amide bonds. The maximum atomic E-state index is 6.13. The van der Waals surface area contributed by atoms with E-state index in [1.165, 1.54) is 12.8 Å². The van der Waals surface area contributed by atoms with Gasteiger partial charge in [-0.05, 0) is 64.5 Å². The monoisotopic (exact) mass is 359 g/mol. The number of nitrogens with one attached hydrogen (secondary N) is 2. The van der Waals surface area contributed by atoms with Crippen molar-refractivity contribution in [3.63, 3.8) is 0 Å². The van der Waals surface area contributed by atoms with E-state index in [9.17, 15) is 0 Å². The van der Waals surface area contributed by atoms with Crippen LogP contribution in [0, 0.1) is 6.92 Å². The summed E-state index contributed by atoms with van der Waals surface area (Å²) < 4.78 is 0. The maximum absolute atomic E-state index is 6.13. The smallest absolute Gasteiger partial charge is 0.224 e. The third kappa shape index (κ3) is 5.31. The largest absolute Gasteiger partial charge is 0.354 e. The Kier molecular flexibility index (Phi) is 5.76. The summed E-state index contributed by atoms with van der Waals surface area (Å²) in [5.74, 6) is 2.09. The Bertz CT molecular complexity index is 728. The van der Waals surface area contributed by atoms with E-state index in [0.717, 1.165) is 42.3 Å². The molecule has 25 heavy (non-hydrogen) atoms. The van der Waals surface area contributed by atoms with Crippen molar-refractivity contribution in [2.45, 2.75) is 32.1 Å². The van der Waals surface area contributed by atoms with Crippen LogP contribution in [0.1, 0.15) is 36.4 Å². The van der Waals surface area contributed by atoms with Crippen LogP contribution >= 0.6 is 11.6 Å². The lowest BCUT2D eigenvalue weighted by Gasteiger charge is -2.13. The molecule has 6 heteroatoms. The van der Waals surface area contributed by atoms with Gasteiger partial charge in [-0.15, -0.1) is 0 Å². The Morgan fingerprint density at radius 2 is 2.00 bits per heavy atom. The highest BCUT2D eigenvalue weighted by Gasteiger charge is 2.26. The van der Waals surface area contributed by atoms with Crippen molar-refractivity contribution in [2.24, 2.45) is 0 Å². The van der Waals surface area contributed by atoms with Crippen LogP contribution in [0.5, 0.6) is 0 Å². The van der Waals surface area contributed by atoms with Crippen molar-refractivity contribution in [3.05, 3.63) is 40.5 Å². The molecule has 5 nitrogen and oxygen atoms in total. The van der Waals surface area contributed by atoms with E-state index >= 15 is 0 Å². The van der Waals surface area contributed by atoms with E-state index in [2.05, 4.69) is 47.6 Å². The van der Waals surface area contributed by atoms with Gasteiger partial charge < -0.3 is 15.5 Å². The zero-order valence-electron chi connectivity index (χ0n) is 15.1. The van der Waals surface area contributed by atoms with Gasteiger partial charge in [0.1, 0.15) is 5.82 Å². The fourth-order valence-corrected chi connectivity index (χ4v) is 2.83. The minimum atomic E-state index is 0.575. The first kappa shape index (κ1) is 18.0. The summed E-state index contributed by atoms with van der Waals surface area (Å²) >= 11 is 6.13. The third-order valence-corrected chi connectivity index (χ3v) is 4.50. The van der Waals surface area contributed by atoms with Crippen molar-refractivity contribution in [3.8, 4) is 0 Å². The number of aryl methyl sites for hydroxylation is 1. The topological polar surface area (TPSA) is 53.1 Å². The predicted octanol–water partition coefficient (Wildman–Crippen LogP) is 4.42. The first-order valence-corrected chi connectivity index (χ1v) is 9.20. The van der Waals surface area contributed by atoms with Crippen molar-refractivity contribution >= 4 is 29.1 Å². The van der Waals surface area contributed by atoms with Crippen LogP contribution in [0.3, 0.4) is 0 Å². The number of anilines is 3. The van der Waals surface area contributed by atoms with Gasteiger partial charge in [0.15, 0.2) is 0 Å². The zero-order valence-corrected chi connectivity index (χ0v) is 15.9. The maximum Gasteiger partial charge on any atom is 0.224 e. The molecule has 1 aromatic carbocycles. The Morgan fingerprint density at radius 3 is 2.72 bits per heavy atom. The van der Waals surface area contributed by atoms with Gasteiger partial charge in [0.05, 0.1) is 5.69 Å². The van der Waals surface area contributed by atoms with E-state index in [-0.39, 0.29) is 0 Å². The molecule has 1 fully saturated rings. The second-order valence-electron chi connectivity index (χ2n) is 6.94. The van der Waals surface area contributed by atoms with Crippen molar-refractivity contribution in [2.75, 3.05) is 37.8 Å². The molecule has 1 aliphatic rings. The molecule has 0 unspecified atom stereocenters. The van der Waals surface area contributed by atoms with Crippen LogP contribution in [-0.2, 0) is 0 Å². The van der Waals surface area contributed by atoms with E-state index in [0.29, 0.717) is 16.9 Å². The average molecular weight is 360 g/mol. The molecule has 0 atom stereocenters. The van der Waals surface area contributed by atoms with Gasteiger partial charge in [0.2, 0.25) is 5.95 Å². The van der Waals surface area contributed by atoms with Gasteiger partial charge in [0, 0.05) is 29.2 Å². The van der Waals surface area contributed by atoms with Crippen molar-refractivity contribution < 1.29 is 0 Å². The quantitative estimate of drug-likeness (QED) is 0.683. The molecule has 1 saturated carbocycles. The van der Waals surface area contributed by atoms with Crippen molar-refractivity contribution in [1.82, 2.24) is 14.9 Å². The number of halogens is 1. The predicted molar refractivity (Wildman–Crippen MR) is 105 cm³/mol. The summed E-state index contributed by atoms with van der Waals surface area (Å²) in [6.07, 6.45) is 3.49. The minimum Gasteiger partial charge on any atom is -0.354 e. The van der Waals surface area contributed by atoms with Gasteiger partial charge in [-0.3, -0.25) is 0 Å². The minimum absolute atomic E-state index is 0.575. The normalized spacial score (nSPS) is 14.0. The summed E-state index contributed by atoms with van der Waals surface area (Å²) in [5, 5.41) is 7.48. The molecule has 2 N–H and O–H groups in total. The summed E-state index contributed by atoms with van der Waals surface area (Å²) in [6.45, 7) is 3.96. The molecule has 1 aliphatic carbocycles. The molecule has 3 rings (SSSR count). The van der Waals surface area contributed by atoms with Crippen LogP contribution in [0.2, 0.25) is 5.02 Å². The van der Waals surface area contributed by atoms with Gasteiger partial charge in [0.25, 0.3) is 0 Å². The molecule has 2 aromatic rings. The molecule has 0 spiro atoms. The highest BCUT2D eigenvalue weighted by molar-refractivity contribution is 6.30. The summed E-state index contributed by atoms with van der Waals surface area (Å²) in [7, 11) is 4.17. The Labute approximate surface area is 154 Å². The van der Waals surface area contributed by atoms with E-state index in [1.54, 1.807) is 0 Å². The molecule has 0 aliphatic heterocycles. The highest BCUT2D eigenvalue weighted by atomic mass is 35.5. The van der Waals surface area contributed by atoms with E-state index in [1.807, 2.05) is 18.2 Å². The first-order valence-electron chi connectivity index (χ1n) is 8.82. The molecule has 1 heterocycles. The van der Waals surface area contributed by atoms with Crippen LogP contribution in [0.15, 0.2) is 24.3 Å². The molecular formula is C19H26ClN5. The van der Waals surface area contributed by atoms with Gasteiger partial charge >= 0.3 is 0 Å².